The van der Waals surface area contributed by atoms with E-state index in [2.05, 4.69) is 5.32 Å². The van der Waals surface area contributed by atoms with Crippen LogP contribution < -0.4 is 5.32 Å². The number of rotatable bonds is 4. The molecule has 21 heavy (non-hydrogen) atoms. The summed E-state index contributed by atoms with van der Waals surface area (Å²) in [4.78, 5) is 14.0. The van der Waals surface area contributed by atoms with Gasteiger partial charge in [-0.25, -0.2) is 0 Å². The Morgan fingerprint density at radius 1 is 1.52 bits per heavy atom. The topological polar surface area (TPSA) is 61.8 Å². The van der Waals surface area contributed by atoms with Crippen LogP contribution in [0.5, 0.6) is 0 Å². The summed E-state index contributed by atoms with van der Waals surface area (Å²) in [7, 11) is 1.93. The van der Waals surface area contributed by atoms with Crippen LogP contribution >= 0.6 is 23.2 Å². The fourth-order valence-electron chi connectivity index (χ4n) is 2.18. The third kappa shape index (κ3) is 4.31. The molecule has 0 saturated carbocycles. The molecule has 0 aromatic heterocycles. The van der Waals surface area contributed by atoms with Crippen LogP contribution in [-0.4, -0.2) is 55.3 Å². The predicted octanol–water partition coefficient (Wildman–Crippen LogP) is 1.47. The second-order valence-corrected chi connectivity index (χ2v) is 5.83. The number of amides is 1. The number of ether oxygens (including phenoxy) is 1. The van der Waals surface area contributed by atoms with Crippen LogP contribution in [0, 0.1) is 0 Å². The van der Waals surface area contributed by atoms with Crippen LogP contribution in [0.3, 0.4) is 0 Å². The van der Waals surface area contributed by atoms with Crippen LogP contribution in [0.15, 0.2) is 18.2 Å². The molecule has 1 heterocycles. The highest BCUT2D eigenvalue weighted by Crippen LogP contribution is 2.29. The van der Waals surface area contributed by atoms with Gasteiger partial charge in [0.25, 0.3) is 5.91 Å². The Hall–Kier alpha value is -0.850. The Labute approximate surface area is 133 Å². The molecule has 0 bridgehead atoms. The zero-order valence-electron chi connectivity index (χ0n) is 11.7. The molecule has 2 N–H and O–H groups in total. The van der Waals surface area contributed by atoms with E-state index in [4.69, 9.17) is 27.9 Å². The first kappa shape index (κ1) is 16.5. The number of aliphatic hydroxyl groups is 1. The van der Waals surface area contributed by atoms with Gasteiger partial charge in [0, 0.05) is 35.2 Å². The van der Waals surface area contributed by atoms with Crippen LogP contribution in [0.2, 0.25) is 10.0 Å². The number of nitrogens with one attached hydrogen (secondary N) is 1. The maximum Gasteiger partial charge on any atom is 0.250 e. The summed E-state index contributed by atoms with van der Waals surface area (Å²) < 4.78 is 5.41. The second kappa shape index (κ2) is 7.42. The van der Waals surface area contributed by atoms with Crippen molar-refractivity contribution in [2.24, 2.45) is 0 Å². The molecule has 7 heteroatoms. The zero-order valence-corrected chi connectivity index (χ0v) is 13.2. The van der Waals surface area contributed by atoms with Gasteiger partial charge in [0.15, 0.2) is 0 Å². The monoisotopic (exact) mass is 332 g/mol. The van der Waals surface area contributed by atoms with E-state index < -0.39 is 12.2 Å². The minimum atomic E-state index is -0.962. The Morgan fingerprint density at radius 2 is 2.19 bits per heavy atom. The molecule has 1 aliphatic rings. The number of carbonyl (C=O) groups excluding carboxylic acids is 1. The predicted molar refractivity (Wildman–Crippen MR) is 81.7 cm³/mol. The lowest BCUT2D eigenvalue weighted by Crippen LogP contribution is -2.49. The van der Waals surface area contributed by atoms with E-state index in [1.807, 2.05) is 11.9 Å². The zero-order chi connectivity index (χ0) is 15.4. The number of aliphatic hydroxyl groups excluding tert-OH is 1. The highest BCUT2D eigenvalue weighted by Gasteiger charge is 2.25. The van der Waals surface area contributed by atoms with Gasteiger partial charge in [-0.05, 0) is 19.2 Å². The van der Waals surface area contributed by atoms with E-state index in [1.54, 1.807) is 18.2 Å². The first-order chi connectivity index (χ1) is 9.99. The molecule has 2 unspecified atom stereocenters. The summed E-state index contributed by atoms with van der Waals surface area (Å²) in [5.41, 5.74) is 0.419. The average Bonchev–Trinajstić information content (AvgIpc) is 2.44. The summed E-state index contributed by atoms with van der Waals surface area (Å²) in [5.74, 6) is -0.247. The first-order valence-electron chi connectivity index (χ1n) is 6.69. The van der Waals surface area contributed by atoms with Crippen molar-refractivity contribution in [3.8, 4) is 0 Å². The van der Waals surface area contributed by atoms with E-state index in [1.165, 1.54) is 0 Å². The van der Waals surface area contributed by atoms with Gasteiger partial charge < -0.3 is 20.1 Å². The van der Waals surface area contributed by atoms with Gasteiger partial charge >= 0.3 is 0 Å². The van der Waals surface area contributed by atoms with Crippen molar-refractivity contribution in [2.75, 3.05) is 33.3 Å². The third-order valence-corrected chi connectivity index (χ3v) is 4.02. The van der Waals surface area contributed by atoms with Gasteiger partial charge in [-0.3, -0.25) is 4.79 Å². The summed E-state index contributed by atoms with van der Waals surface area (Å²) in [6.07, 6.45) is -1.48. The van der Waals surface area contributed by atoms with Crippen molar-refractivity contribution >= 4 is 29.1 Å². The molecular formula is C14H18Cl2N2O3. The lowest BCUT2D eigenvalue weighted by atomic mass is 10.1. The quantitative estimate of drug-likeness (QED) is 0.876. The Kier molecular flexibility index (Phi) is 5.84. The fourth-order valence-corrected chi connectivity index (χ4v) is 2.83. The largest absolute Gasteiger partial charge is 0.386 e. The number of morpholine rings is 1. The molecule has 0 radical (unpaired) electrons. The summed E-state index contributed by atoms with van der Waals surface area (Å²) in [5, 5.41) is 13.6. The van der Waals surface area contributed by atoms with Gasteiger partial charge in [-0.15, -0.1) is 0 Å². The molecule has 1 fully saturated rings. The van der Waals surface area contributed by atoms with E-state index in [0.29, 0.717) is 28.8 Å². The van der Waals surface area contributed by atoms with Crippen LogP contribution in [-0.2, 0) is 9.53 Å². The highest BCUT2D eigenvalue weighted by atomic mass is 35.5. The number of hydrogen-bond acceptors (Lipinski definition) is 4. The van der Waals surface area contributed by atoms with Crippen LogP contribution in [0.1, 0.15) is 11.7 Å². The van der Waals surface area contributed by atoms with Crippen LogP contribution in [0.25, 0.3) is 0 Å². The molecule has 2 atom stereocenters. The van der Waals surface area contributed by atoms with Gasteiger partial charge in [0.1, 0.15) is 6.10 Å². The fraction of sp³-hybridized carbons (Fsp3) is 0.500. The number of halogens is 2. The Morgan fingerprint density at radius 3 is 2.81 bits per heavy atom. The van der Waals surface area contributed by atoms with E-state index in [9.17, 15) is 9.90 Å². The third-order valence-electron chi connectivity index (χ3n) is 3.36. The van der Waals surface area contributed by atoms with E-state index in [-0.39, 0.29) is 12.5 Å². The number of nitrogens with zero attached hydrogens (tertiary/aromatic N) is 1. The summed E-state index contributed by atoms with van der Waals surface area (Å²) in [6.45, 7) is 1.90. The first-order valence-corrected chi connectivity index (χ1v) is 7.44. The lowest BCUT2D eigenvalue weighted by Gasteiger charge is -2.29. The smallest absolute Gasteiger partial charge is 0.250 e. The summed E-state index contributed by atoms with van der Waals surface area (Å²) >= 11 is 12.0. The van der Waals surface area contributed by atoms with Gasteiger partial charge in [0.05, 0.1) is 12.7 Å². The molecule has 1 amide bonds. The molecule has 5 nitrogen and oxygen atoms in total. The van der Waals surface area contributed by atoms with Crippen molar-refractivity contribution in [3.05, 3.63) is 33.8 Å². The highest BCUT2D eigenvalue weighted by molar-refractivity contribution is 6.36. The number of carbonyl (C=O) groups is 1. The number of benzene rings is 1. The SMILES string of the molecule is CN1CCOC(C(=O)NCC(O)c2c(Cl)cccc2Cl)C1. The molecule has 1 aliphatic heterocycles. The van der Waals surface area contributed by atoms with Crippen molar-refractivity contribution in [2.45, 2.75) is 12.2 Å². The molecular weight excluding hydrogens is 315 g/mol. The second-order valence-electron chi connectivity index (χ2n) is 5.02. The van der Waals surface area contributed by atoms with Crippen molar-refractivity contribution in [1.82, 2.24) is 10.2 Å². The molecule has 1 aromatic carbocycles. The number of hydrogen-bond donors (Lipinski definition) is 2. The van der Waals surface area contributed by atoms with Gasteiger partial charge in [-0.2, -0.15) is 0 Å². The van der Waals surface area contributed by atoms with E-state index >= 15 is 0 Å². The van der Waals surface area contributed by atoms with Crippen LogP contribution in [0.4, 0.5) is 0 Å². The van der Waals surface area contributed by atoms with Crippen molar-refractivity contribution in [1.29, 1.82) is 0 Å². The standard InChI is InChI=1S/C14H18Cl2N2O3/c1-18-5-6-21-12(8-18)14(20)17-7-11(19)13-9(15)3-2-4-10(13)16/h2-4,11-12,19H,5-8H2,1H3,(H,17,20). The maximum atomic E-state index is 12.0. The average molecular weight is 333 g/mol. The maximum absolute atomic E-state index is 12.0. The minimum Gasteiger partial charge on any atom is -0.386 e. The minimum absolute atomic E-state index is 0.0336. The molecule has 1 saturated heterocycles. The Bertz CT molecular complexity index is 493. The lowest BCUT2D eigenvalue weighted by molar-refractivity contribution is -0.138. The summed E-state index contributed by atoms with van der Waals surface area (Å²) in [6, 6.07) is 4.99. The number of likely N-dealkylation sites (N-methyl/N-ethyl adjacent to an activating group) is 1. The molecule has 2 rings (SSSR count). The van der Waals surface area contributed by atoms with Gasteiger partial charge in [-0.1, -0.05) is 29.3 Å². The molecule has 116 valence electrons. The molecule has 0 spiro atoms. The van der Waals surface area contributed by atoms with Crippen molar-refractivity contribution < 1.29 is 14.6 Å². The van der Waals surface area contributed by atoms with Gasteiger partial charge in [0.2, 0.25) is 0 Å². The Balaban J connectivity index is 1.91. The van der Waals surface area contributed by atoms with E-state index in [0.717, 1.165) is 6.54 Å². The molecule has 1 aromatic rings. The normalized spacial score (nSPS) is 21.0. The molecule has 0 aliphatic carbocycles. The van der Waals surface area contributed by atoms with Crippen molar-refractivity contribution in [3.63, 3.8) is 0 Å².